The molecule has 4 rings (SSSR count). The number of aryl methyl sites for hydroxylation is 2. The van der Waals surface area contributed by atoms with Gasteiger partial charge in [0.15, 0.2) is 5.13 Å². The first-order valence-corrected chi connectivity index (χ1v) is 9.10. The van der Waals surface area contributed by atoms with Crippen molar-refractivity contribution < 1.29 is 0 Å². The smallest absolute Gasteiger partial charge is 0.186 e. The minimum absolute atomic E-state index is 0.672. The summed E-state index contributed by atoms with van der Waals surface area (Å²) < 4.78 is 3.57. The third-order valence-corrected chi connectivity index (χ3v) is 5.78. The van der Waals surface area contributed by atoms with Crippen LogP contribution in [0.5, 0.6) is 0 Å². The fourth-order valence-electron chi connectivity index (χ4n) is 3.42. The van der Waals surface area contributed by atoms with Crippen LogP contribution in [0.15, 0.2) is 30.6 Å². The summed E-state index contributed by atoms with van der Waals surface area (Å²) in [5.74, 6) is 1.78. The van der Waals surface area contributed by atoms with Gasteiger partial charge in [-0.1, -0.05) is 17.4 Å². The maximum absolute atomic E-state index is 4.85. The lowest BCUT2D eigenvalue weighted by Gasteiger charge is -2.32. The highest BCUT2D eigenvalue weighted by Crippen LogP contribution is 2.32. The van der Waals surface area contributed by atoms with E-state index in [0.717, 1.165) is 31.0 Å². The van der Waals surface area contributed by atoms with Crippen molar-refractivity contribution >= 4 is 26.7 Å². The number of aromatic nitrogens is 3. The summed E-state index contributed by atoms with van der Waals surface area (Å²) in [6.07, 6.45) is 6.52. The van der Waals surface area contributed by atoms with Gasteiger partial charge in [-0.2, -0.15) is 0 Å². The molecule has 1 saturated heterocycles. The van der Waals surface area contributed by atoms with Crippen molar-refractivity contribution in [2.45, 2.75) is 33.2 Å². The van der Waals surface area contributed by atoms with E-state index >= 15 is 0 Å². The number of anilines is 1. The Balaban J connectivity index is 1.52. The van der Waals surface area contributed by atoms with E-state index in [-0.39, 0.29) is 0 Å². The molecule has 23 heavy (non-hydrogen) atoms. The van der Waals surface area contributed by atoms with Gasteiger partial charge in [-0.3, -0.25) is 0 Å². The molecule has 120 valence electrons. The number of hydrogen-bond acceptors (Lipinski definition) is 4. The van der Waals surface area contributed by atoms with E-state index in [9.17, 15) is 0 Å². The molecule has 3 aromatic rings. The standard InChI is InChI=1S/C18H22N4S/c1-13-5-6-16-17(10-13)23-18(20-16)22-8-3-4-15(12-22)11-21-9-7-19-14(21)2/h5-7,9-10,15H,3-4,8,11-12H2,1-2H3/t15-/m1/s1. The third kappa shape index (κ3) is 2.98. The van der Waals surface area contributed by atoms with Gasteiger partial charge in [-0.15, -0.1) is 0 Å². The number of piperidine rings is 1. The van der Waals surface area contributed by atoms with Crippen molar-refractivity contribution in [2.24, 2.45) is 5.92 Å². The Morgan fingerprint density at radius 1 is 1.30 bits per heavy atom. The van der Waals surface area contributed by atoms with Gasteiger partial charge < -0.3 is 9.47 Å². The Morgan fingerprint density at radius 3 is 3.04 bits per heavy atom. The van der Waals surface area contributed by atoms with Crippen LogP contribution in [0.2, 0.25) is 0 Å². The molecule has 0 bridgehead atoms. The Labute approximate surface area is 140 Å². The summed E-state index contributed by atoms with van der Waals surface area (Å²) in [6, 6.07) is 6.53. The SMILES string of the molecule is Cc1ccc2nc(N3CCC[C@H](Cn4ccnc4C)C3)sc2c1. The molecular formula is C18H22N4S. The lowest BCUT2D eigenvalue weighted by molar-refractivity contribution is 0.363. The molecule has 1 aliphatic heterocycles. The Bertz CT molecular complexity index is 819. The highest BCUT2D eigenvalue weighted by Gasteiger charge is 2.23. The van der Waals surface area contributed by atoms with Crippen LogP contribution in [-0.2, 0) is 6.54 Å². The zero-order valence-electron chi connectivity index (χ0n) is 13.7. The Hall–Kier alpha value is -1.88. The molecule has 5 heteroatoms. The van der Waals surface area contributed by atoms with E-state index in [1.165, 1.54) is 28.2 Å². The molecule has 0 radical (unpaired) electrons. The first-order valence-electron chi connectivity index (χ1n) is 8.29. The molecule has 2 aromatic heterocycles. The highest BCUT2D eigenvalue weighted by molar-refractivity contribution is 7.22. The number of hydrogen-bond donors (Lipinski definition) is 0. The van der Waals surface area contributed by atoms with Crippen molar-refractivity contribution in [3.05, 3.63) is 42.0 Å². The largest absolute Gasteiger partial charge is 0.348 e. The maximum atomic E-state index is 4.85. The van der Waals surface area contributed by atoms with E-state index in [4.69, 9.17) is 4.98 Å². The molecule has 0 N–H and O–H groups in total. The zero-order valence-corrected chi connectivity index (χ0v) is 14.5. The lowest BCUT2D eigenvalue weighted by Crippen LogP contribution is -2.37. The van der Waals surface area contributed by atoms with Gasteiger partial charge in [0, 0.05) is 32.0 Å². The maximum Gasteiger partial charge on any atom is 0.186 e. The Morgan fingerprint density at radius 2 is 2.22 bits per heavy atom. The topological polar surface area (TPSA) is 34.0 Å². The first-order chi connectivity index (χ1) is 11.2. The van der Waals surface area contributed by atoms with Crippen LogP contribution >= 0.6 is 11.3 Å². The second kappa shape index (κ2) is 5.96. The van der Waals surface area contributed by atoms with Crippen LogP contribution in [0, 0.1) is 19.8 Å². The second-order valence-electron chi connectivity index (χ2n) is 6.55. The van der Waals surface area contributed by atoms with Crippen molar-refractivity contribution in [1.82, 2.24) is 14.5 Å². The number of nitrogens with zero attached hydrogens (tertiary/aromatic N) is 4. The minimum Gasteiger partial charge on any atom is -0.348 e. The first kappa shape index (κ1) is 14.7. The molecule has 0 unspecified atom stereocenters. The van der Waals surface area contributed by atoms with Gasteiger partial charge in [0.2, 0.25) is 0 Å². The average molecular weight is 326 g/mol. The van der Waals surface area contributed by atoms with E-state index in [0.29, 0.717) is 5.92 Å². The molecule has 1 fully saturated rings. The minimum atomic E-state index is 0.672. The van der Waals surface area contributed by atoms with Crippen LogP contribution in [0.4, 0.5) is 5.13 Å². The van der Waals surface area contributed by atoms with Gasteiger partial charge in [-0.05, 0) is 50.3 Å². The average Bonchev–Trinajstić information content (AvgIpc) is 3.14. The number of benzene rings is 1. The summed E-state index contributed by atoms with van der Waals surface area (Å²) in [4.78, 5) is 11.7. The summed E-state index contributed by atoms with van der Waals surface area (Å²) >= 11 is 1.83. The number of thiazole rings is 1. The van der Waals surface area contributed by atoms with E-state index in [1.54, 1.807) is 0 Å². The zero-order chi connectivity index (χ0) is 15.8. The third-order valence-electron chi connectivity index (χ3n) is 4.70. The lowest BCUT2D eigenvalue weighted by atomic mass is 9.98. The molecule has 4 nitrogen and oxygen atoms in total. The molecule has 1 aliphatic rings. The normalized spacial score (nSPS) is 18.7. The van der Waals surface area contributed by atoms with Crippen LogP contribution in [-0.4, -0.2) is 27.6 Å². The van der Waals surface area contributed by atoms with Crippen LogP contribution in [0.1, 0.15) is 24.2 Å². The molecule has 0 aliphatic carbocycles. The van der Waals surface area contributed by atoms with Crippen LogP contribution in [0.3, 0.4) is 0 Å². The van der Waals surface area contributed by atoms with E-state index in [2.05, 4.69) is 52.7 Å². The van der Waals surface area contributed by atoms with Gasteiger partial charge in [0.05, 0.1) is 10.2 Å². The fraction of sp³-hybridized carbons (Fsp3) is 0.444. The van der Waals surface area contributed by atoms with Gasteiger partial charge in [0.25, 0.3) is 0 Å². The summed E-state index contributed by atoms with van der Waals surface area (Å²) in [5, 5.41) is 1.18. The van der Waals surface area contributed by atoms with E-state index in [1.807, 2.05) is 17.5 Å². The number of imidazole rings is 1. The molecule has 0 spiro atoms. The molecule has 0 amide bonds. The molecule has 3 heterocycles. The van der Waals surface area contributed by atoms with Crippen LogP contribution < -0.4 is 4.90 Å². The predicted molar refractivity (Wildman–Crippen MR) is 96.3 cm³/mol. The van der Waals surface area contributed by atoms with Crippen molar-refractivity contribution in [3.63, 3.8) is 0 Å². The van der Waals surface area contributed by atoms with Gasteiger partial charge in [-0.25, -0.2) is 9.97 Å². The molecule has 1 atom stereocenters. The van der Waals surface area contributed by atoms with E-state index < -0.39 is 0 Å². The fourth-order valence-corrected chi connectivity index (χ4v) is 4.52. The van der Waals surface area contributed by atoms with Gasteiger partial charge >= 0.3 is 0 Å². The van der Waals surface area contributed by atoms with Crippen molar-refractivity contribution in [3.8, 4) is 0 Å². The van der Waals surface area contributed by atoms with Crippen molar-refractivity contribution in [1.29, 1.82) is 0 Å². The number of fused-ring (bicyclic) bond motifs is 1. The summed E-state index contributed by atoms with van der Waals surface area (Å²) in [5.41, 5.74) is 2.43. The van der Waals surface area contributed by atoms with Crippen molar-refractivity contribution in [2.75, 3.05) is 18.0 Å². The molecule has 1 aromatic carbocycles. The quantitative estimate of drug-likeness (QED) is 0.729. The molecule has 0 saturated carbocycles. The highest BCUT2D eigenvalue weighted by atomic mass is 32.1. The summed E-state index contributed by atoms with van der Waals surface area (Å²) in [7, 11) is 0. The summed E-state index contributed by atoms with van der Waals surface area (Å²) in [6.45, 7) is 7.50. The monoisotopic (exact) mass is 326 g/mol. The second-order valence-corrected chi connectivity index (χ2v) is 7.56. The van der Waals surface area contributed by atoms with Gasteiger partial charge in [0.1, 0.15) is 5.82 Å². The Kier molecular flexibility index (Phi) is 3.81. The number of rotatable bonds is 3. The van der Waals surface area contributed by atoms with Crippen LogP contribution in [0.25, 0.3) is 10.2 Å². The molecular weight excluding hydrogens is 304 g/mol. The predicted octanol–water partition coefficient (Wildman–Crippen LogP) is 4.03.